The van der Waals surface area contributed by atoms with Crippen LogP contribution >= 0.6 is 45.5 Å². The molecule has 0 aromatic carbocycles. The fraction of sp³-hybridized carbons (Fsp3) is 0.600. The molecule has 0 spiro atoms. The van der Waals surface area contributed by atoms with Crippen molar-refractivity contribution in [2.24, 2.45) is 0 Å². The highest BCUT2D eigenvalue weighted by Crippen LogP contribution is 2.04. The second kappa shape index (κ2) is 6.12. The van der Waals surface area contributed by atoms with Crippen LogP contribution in [0.25, 0.3) is 0 Å². The number of carboxylic acids is 1. The van der Waals surface area contributed by atoms with Crippen LogP contribution in [0.2, 0.25) is 0 Å². The summed E-state index contributed by atoms with van der Waals surface area (Å²) in [4.78, 5) is 19.1. The molecular weight excluding hydrogens is 376 g/mol. The van der Waals surface area contributed by atoms with Crippen molar-refractivity contribution in [3.63, 3.8) is 0 Å². The Morgan fingerprint density at radius 3 is 2.55 bits per heavy atom. The number of hydrogen-bond donors (Lipinski definition) is 2. The van der Waals surface area contributed by atoms with Crippen LogP contribution < -0.4 is 3.53 Å². The molecule has 0 radical (unpaired) electrons. The van der Waals surface area contributed by atoms with Gasteiger partial charge in [0.1, 0.15) is 6.42 Å². The predicted molar refractivity (Wildman–Crippen MR) is 58.8 cm³/mol. The number of aliphatic carboxylic acids is 1. The monoisotopic (exact) mass is 384 g/mol. The van der Waals surface area contributed by atoms with Gasteiger partial charge in [0.25, 0.3) is 0 Å². The minimum atomic E-state index is -0.626. The van der Waals surface area contributed by atoms with Crippen molar-refractivity contribution in [3.8, 4) is 0 Å². The molecule has 0 aromatic heterocycles. The third-order valence-corrected chi connectivity index (χ3v) is 2.57. The molecule has 0 rings (SSSR count). The molecule has 0 aliphatic rings. The zero-order chi connectivity index (χ0) is 8.85. The maximum atomic E-state index is 10.7. The quantitative estimate of drug-likeness (QED) is 0.323. The first-order chi connectivity index (χ1) is 5.07. The van der Waals surface area contributed by atoms with E-state index < -0.39 is 5.97 Å². The maximum Gasteiger partial charge on any atom is 0.480 e. The zero-order valence-electron chi connectivity index (χ0n) is 5.55. The summed E-state index contributed by atoms with van der Waals surface area (Å²) in [6.07, 6.45) is 0.544. The molecule has 0 aromatic rings. The van der Waals surface area contributed by atoms with Crippen LogP contribution in [0.5, 0.6) is 0 Å². The number of rotatable bonds is 5. The zero-order valence-corrected chi connectivity index (χ0v) is 9.87. The summed E-state index contributed by atoms with van der Waals surface area (Å²) in [6, 6.07) is -0.300. The maximum absolute atomic E-state index is 10.7. The Morgan fingerprint density at radius 2 is 2.27 bits per heavy atom. The average Bonchev–Trinajstić information content (AvgIpc) is 1.87. The Balaban J connectivity index is 3.70. The Kier molecular flexibility index (Phi) is 6.43. The van der Waals surface area contributed by atoms with Gasteiger partial charge in [-0.25, -0.2) is 3.53 Å². The standard InChI is InChI=1S/C5H7I2NO3/c6-5(11)3(8-7)1-2-4(9)10/h3,8H,1-2H2,(H,9,10)/p+1. The normalized spacial score (nSPS) is 12.5. The van der Waals surface area contributed by atoms with E-state index in [2.05, 4.69) is 3.53 Å². The van der Waals surface area contributed by atoms with E-state index in [0.29, 0.717) is 6.42 Å². The molecule has 0 saturated carbocycles. The molecule has 0 aliphatic heterocycles. The van der Waals surface area contributed by atoms with Crippen LogP contribution in [0.4, 0.5) is 0 Å². The summed E-state index contributed by atoms with van der Waals surface area (Å²) in [5.41, 5.74) is 0. The number of halogens is 2. The van der Waals surface area contributed by atoms with Gasteiger partial charge in [-0.3, -0.25) is 4.79 Å². The Hall–Kier alpha value is 0.560. The van der Waals surface area contributed by atoms with Crippen molar-refractivity contribution >= 4 is 55.2 Å². The first-order valence-corrected chi connectivity index (χ1v) is 5.03. The lowest BCUT2D eigenvalue weighted by Crippen LogP contribution is -2.27. The third kappa shape index (κ3) is 5.79. The topological polar surface area (TPSA) is 70.7 Å². The lowest BCUT2D eigenvalue weighted by Gasteiger charge is -2.05. The van der Waals surface area contributed by atoms with Gasteiger partial charge in [0.15, 0.2) is 0 Å². The van der Waals surface area contributed by atoms with Crippen LogP contribution in [0, 0.1) is 0 Å². The first kappa shape index (κ1) is 11.6. The summed E-state index contributed by atoms with van der Waals surface area (Å²) in [7, 11) is 0. The first-order valence-electron chi connectivity index (χ1n) is 2.87. The van der Waals surface area contributed by atoms with E-state index in [1.165, 1.54) is 0 Å². The van der Waals surface area contributed by atoms with Crippen molar-refractivity contribution in [1.29, 1.82) is 0 Å². The van der Waals surface area contributed by atoms with E-state index in [9.17, 15) is 4.79 Å². The molecule has 4 nitrogen and oxygen atoms in total. The van der Waals surface area contributed by atoms with Gasteiger partial charge in [0.05, 0.1) is 6.04 Å². The summed E-state index contributed by atoms with van der Waals surface area (Å²) >= 11 is 3.54. The summed E-state index contributed by atoms with van der Waals surface area (Å²) in [6.45, 7) is 0. The van der Waals surface area contributed by atoms with Crippen LogP contribution in [0.3, 0.4) is 0 Å². The van der Waals surface area contributed by atoms with Crippen molar-refractivity contribution < 1.29 is 14.7 Å². The number of aliphatic hydroxyl groups excluding tert-OH is 1. The number of carbonyl (C=O) groups excluding carboxylic acids is 1. The molecule has 6 heteroatoms. The van der Waals surface area contributed by atoms with Gasteiger partial charge in [-0.2, -0.15) is 0 Å². The van der Waals surface area contributed by atoms with Gasteiger partial charge >= 0.3 is 5.97 Å². The third-order valence-electron chi connectivity index (χ3n) is 1.06. The minimum Gasteiger partial charge on any atom is -0.339 e. The lowest BCUT2D eigenvalue weighted by molar-refractivity contribution is -0.110. The van der Waals surface area contributed by atoms with E-state index >= 15 is 0 Å². The van der Waals surface area contributed by atoms with Crippen LogP contribution in [0.1, 0.15) is 12.8 Å². The smallest absolute Gasteiger partial charge is 0.339 e. The highest BCUT2D eigenvalue weighted by atomic mass is 127. The Morgan fingerprint density at radius 1 is 1.73 bits per heavy atom. The Labute approximate surface area is 91.7 Å². The molecular formula is C5H8I2NO3+. The van der Waals surface area contributed by atoms with Crippen molar-refractivity contribution in [1.82, 2.24) is 3.53 Å². The highest BCUT2D eigenvalue weighted by Gasteiger charge is 2.16. The largest absolute Gasteiger partial charge is 0.480 e. The predicted octanol–water partition coefficient (Wildman–Crippen LogP) is 1.10. The molecule has 64 valence electrons. The molecule has 0 amide bonds. The molecule has 3 N–H and O–H groups in total. The van der Waals surface area contributed by atoms with E-state index in [4.69, 9.17) is 9.90 Å². The van der Waals surface area contributed by atoms with Crippen LogP contribution in [-0.2, 0) is 4.79 Å². The second-order valence-corrected chi connectivity index (χ2v) is 3.61. The van der Waals surface area contributed by atoms with Crippen molar-refractivity contribution in [2.45, 2.75) is 18.9 Å². The number of carbonyl (C=O) groups is 1. The lowest BCUT2D eigenvalue weighted by atomic mass is 10.2. The van der Waals surface area contributed by atoms with E-state index in [-0.39, 0.29) is 16.3 Å². The van der Waals surface area contributed by atoms with Gasteiger partial charge in [0.2, 0.25) is 3.79 Å². The molecule has 11 heavy (non-hydrogen) atoms. The van der Waals surface area contributed by atoms with Gasteiger partial charge in [0, 0.05) is 45.5 Å². The summed E-state index contributed by atoms with van der Waals surface area (Å²) < 4.78 is 2.70. The molecule has 0 heterocycles. The van der Waals surface area contributed by atoms with Gasteiger partial charge in [-0.15, -0.1) is 0 Å². The highest BCUT2D eigenvalue weighted by molar-refractivity contribution is 14.1. The molecule has 0 aliphatic carbocycles. The van der Waals surface area contributed by atoms with E-state index in [1.54, 1.807) is 22.6 Å². The van der Waals surface area contributed by atoms with Crippen molar-refractivity contribution in [3.05, 3.63) is 0 Å². The van der Waals surface area contributed by atoms with Crippen LogP contribution in [0.15, 0.2) is 0 Å². The minimum absolute atomic E-state index is 0.0294. The van der Waals surface area contributed by atoms with E-state index in [0.717, 1.165) is 0 Å². The molecule has 1 atom stereocenters. The molecule has 1 unspecified atom stereocenters. The van der Waals surface area contributed by atoms with Gasteiger partial charge in [-0.05, 0) is 6.42 Å². The average molecular weight is 384 g/mol. The fourth-order valence-electron chi connectivity index (χ4n) is 0.484. The molecule has 0 saturated heterocycles. The summed E-state index contributed by atoms with van der Waals surface area (Å²) in [5.74, 6) is -0.626. The van der Waals surface area contributed by atoms with E-state index in [1.807, 2.05) is 22.9 Å². The fourth-order valence-corrected chi connectivity index (χ4v) is 2.14. The SMILES string of the molecule is O=C(I)C(CCC(O)=[OH+])NI. The molecule has 0 fully saturated rings. The number of hydrogen-bond acceptors (Lipinski definition) is 2. The van der Waals surface area contributed by atoms with Gasteiger partial charge < -0.3 is 9.90 Å². The van der Waals surface area contributed by atoms with Crippen molar-refractivity contribution in [2.75, 3.05) is 0 Å². The molecule has 0 bridgehead atoms. The second-order valence-electron chi connectivity index (χ2n) is 1.92. The Bertz CT molecular complexity index is 162. The number of nitrogens with one attached hydrogen (secondary N) is 1. The van der Waals surface area contributed by atoms with Crippen LogP contribution in [-0.4, -0.2) is 25.7 Å². The van der Waals surface area contributed by atoms with Gasteiger partial charge in [-0.1, -0.05) is 0 Å². The summed E-state index contributed by atoms with van der Waals surface area (Å²) in [5, 5.41) is 8.41. The number of carboxylic acid groups (broad SMARTS) is 1.